The van der Waals surface area contributed by atoms with E-state index < -0.39 is 0 Å². The summed E-state index contributed by atoms with van der Waals surface area (Å²) in [5.74, 6) is 0. The highest BCUT2D eigenvalue weighted by molar-refractivity contribution is 6.10. The van der Waals surface area contributed by atoms with Gasteiger partial charge in [0.25, 0.3) is 0 Å². The van der Waals surface area contributed by atoms with Crippen molar-refractivity contribution >= 4 is 49.6 Å². The summed E-state index contributed by atoms with van der Waals surface area (Å²) in [4.78, 5) is 2.34. The van der Waals surface area contributed by atoms with Crippen molar-refractivity contribution in [2.24, 2.45) is 0 Å². The lowest BCUT2D eigenvalue weighted by Crippen LogP contribution is -2.10. The molecule has 0 fully saturated rings. The van der Waals surface area contributed by atoms with Crippen LogP contribution in [0, 0.1) is 0 Å². The molecule has 226 valence electrons. The third-order valence-electron chi connectivity index (χ3n) is 9.37. The van der Waals surface area contributed by atoms with Gasteiger partial charge in [-0.1, -0.05) is 133 Å². The number of hydrogen-bond acceptors (Lipinski definition) is 1. The van der Waals surface area contributed by atoms with Gasteiger partial charge in [0.05, 0.1) is 16.7 Å². The number of aromatic nitrogens is 1. The van der Waals surface area contributed by atoms with Crippen molar-refractivity contribution in [3.63, 3.8) is 0 Å². The number of anilines is 3. The minimum absolute atomic E-state index is 1.11. The molecule has 0 unspecified atom stereocenters. The fourth-order valence-corrected chi connectivity index (χ4v) is 7.18. The van der Waals surface area contributed by atoms with Crippen molar-refractivity contribution in [1.29, 1.82) is 0 Å². The van der Waals surface area contributed by atoms with Gasteiger partial charge in [0.2, 0.25) is 0 Å². The lowest BCUT2D eigenvalue weighted by Gasteiger charge is -2.27. The van der Waals surface area contributed by atoms with E-state index in [0.29, 0.717) is 0 Å². The Morgan fingerprint density at radius 1 is 0.333 bits per heavy atom. The van der Waals surface area contributed by atoms with Crippen LogP contribution >= 0.6 is 0 Å². The summed E-state index contributed by atoms with van der Waals surface area (Å²) in [7, 11) is 0. The molecule has 2 nitrogen and oxygen atoms in total. The van der Waals surface area contributed by atoms with Crippen LogP contribution in [0.25, 0.3) is 60.5 Å². The molecule has 0 amide bonds. The summed E-state index contributed by atoms with van der Waals surface area (Å²) in [6, 6.07) is 69.9. The molecule has 0 aliphatic rings. The second-order valence-electron chi connectivity index (χ2n) is 12.2. The summed E-state index contributed by atoms with van der Waals surface area (Å²) in [5, 5.41) is 4.98. The topological polar surface area (TPSA) is 8.17 Å². The molecule has 1 heterocycles. The van der Waals surface area contributed by atoms with Crippen molar-refractivity contribution in [3.8, 4) is 27.9 Å². The van der Waals surface area contributed by atoms with E-state index in [-0.39, 0.29) is 0 Å². The molecule has 0 bridgehead atoms. The third kappa shape index (κ3) is 4.74. The quantitative estimate of drug-likeness (QED) is 0.181. The molecule has 0 N–H and O–H groups in total. The Hall–Kier alpha value is -6.38. The fraction of sp³-hybridized carbons (Fsp3) is 0. The van der Waals surface area contributed by atoms with Crippen LogP contribution in [0.2, 0.25) is 0 Å². The maximum absolute atomic E-state index is 2.43. The highest BCUT2D eigenvalue weighted by atomic mass is 15.1. The Balaban J connectivity index is 1.32. The number of benzene rings is 8. The first-order valence-electron chi connectivity index (χ1n) is 16.4. The maximum atomic E-state index is 2.43. The van der Waals surface area contributed by atoms with E-state index in [1.165, 1.54) is 54.8 Å². The van der Waals surface area contributed by atoms with Gasteiger partial charge >= 0.3 is 0 Å². The molecule has 0 radical (unpaired) electrons. The van der Waals surface area contributed by atoms with Crippen LogP contribution in [0.5, 0.6) is 0 Å². The monoisotopic (exact) mass is 612 g/mol. The van der Waals surface area contributed by atoms with Gasteiger partial charge in [-0.2, -0.15) is 0 Å². The zero-order valence-corrected chi connectivity index (χ0v) is 26.4. The smallest absolute Gasteiger partial charge is 0.0541 e. The zero-order chi connectivity index (χ0) is 31.9. The van der Waals surface area contributed by atoms with Gasteiger partial charge < -0.3 is 9.47 Å². The number of rotatable bonds is 6. The van der Waals surface area contributed by atoms with E-state index in [9.17, 15) is 0 Å². The Kier molecular flexibility index (Phi) is 6.84. The van der Waals surface area contributed by atoms with Gasteiger partial charge in [-0.3, -0.25) is 0 Å². The van der Waals surface area contributed by atoms with Gasteiger partial charge in [-0.05, 0) is 88.1 Å². The summed E-state index contributed by atoms with van der Waals surface area (Å²) in [6.07, 6.45) is 0. The number of para-hydroxylation sites is 5. The van der Waals surface area contributed by atoms with Crippen LogP contribution in [0.4, 0.5) is 17.1 Å². The number of nitrogens with zero attached hydrogens (tertiary/aromatic N) is 2. The average Bonchev–Trinajstić information content (AvgIpc) is 3.50. The van der Waals surface area contributed by atoms with E-state index in [0.717, 1.165) is 22.7 Å². The predicted octanol–water partition coefficient (Wildman–Crippen LogP) is 12.7. The molecule has 0 aliphatic carbocycles. The minimum Gasteiger partial charge on any atom is -0.310 e. The first-order chi connectivity index (χ1) is 23.8. The summed E-state index contributed by atoms with van der Waals surface area (Å²) in [6.45, 7) is 0. The molecule has 48 heavy (non-hydrogen) atoms. The van der Waals surface area contributed by atoms with Crippen molar-refractivity contribution in [2.75, 3.05) is 4.90 Å². The highest BCUT2D eigenvalue weighted by Gasteiger charge is 2.20. The molecule has 1 aromatic heterocycles. The molecule has 2 heteroatoms. The Morgan fingerprint density at radius 2 is 0.896 bits per heavy atom. The van der Waals surface area contributed by atoms with Crippen molar-refractivity contribution in [2.45, 2.75) is 0 Å². The lowest BCUT2D eigenvalue weighted by molar-refractivity contribution is 1.18. The van der Waals surface area contributed by atoms with Gasteiger partial charge in [-0.25, -0.2) is 0 Å². The second kappa shape index (κ2) is 11.8. The van der Waals surface area contributed by atoms with E-state index in [2.05, 4.69) is 204 Å². The van der Waals surface area contributed by atoms with Gasteiger partial charge in [0.15, 0.2) is 0 Å². The lowest BCUT2D eigenvalue weighted by atomic mass is 9.91. The summed E-state index contributed by atoms with van der Waals surface area (Å²) >= 11 is 0. The molecule has 0 saturated heterocycles. The van der Waals surface area contributed by atoms with Gasteiger partial charge in [-0.15, -0.1) is 0 Å². The second-order valence-corrected chi connectivity index (χ2v) is 12.2. The van der Waals surface area contributed by atoms with Crippen LogP contribution in [0.1, 0.15) is 0 Å². The normalized spacial score (nSPS) is 11.3. The predicted molar refractivity (Wildman–Crippen MR) is 204 cm³/mol. The molecular weight excluding hydrogens is 581 g/mol. The van der Waals surface area contributed by atoms with E-state index in [1.54, 1.807) is 0 Å². The van der Waals surface area contributed by atoms with Crippen molar-refractivity contribution in [1.82, 2.24) is 4.57 Å². The van der Waals surface area contributed by atoms with E-state index in [4.69, 9.17) is 0 Å². The molecule has 0 aliphatic heterocycles. The molecule has 9 aromatic rings. The standard InChI is InChI=1S/C46H32N2/c1-3-17-36(18-4-1)47(37-19-5-2-6-20-37)38-29-30-39(43(32-38)35-28-27-33-15-7-8-16-34(33)31-35)40-21-9-12-24-44(40)48-45-25-13-10-22-41(45)42-23-11-14-26-46(42)48/h1-32H. The summed E-state index contributed by atoms with van der Waals surface area (Å²) in [5.41, 5.74) is 11.6. The first kappa shape index (κ1) is 27.9. The van der Waals surface area contributed by atoms with Gasteiger partial charge in [0, 0.05) is 33.4 Å². The van der Waals surface area contributed by atoms with E-state index in [1.807, 2.05) is 0 Å². The van der Waals surface area contributed by atoms with E-state index >= 15 is 0 Å². The van der Waals surface area contributed by atoms with Crippen LogP contribution in [-0.4, -0.2) is 4.57 Å². The Morgan fingerprint density at radius 3 is 1.58 bits per heavy atom. The highest BCUT2D eigenvalue weighted by Crippen LogP contribution is 2.43. The van der Waals surface area contributed by atoms with Crippen LogP contribution < -0.4 is 4.90 Å². The minimum atomic E-state index is 1.11. The van der Waals surface area contributed by atoms with Crippen LogP contribution in [-0.2, 0) is 0 Å². The Labute approximate surface area is 280 Å². The van der Waals surface area contributed by atoms with Gasteiger partial charge in [0.1, 0.15) is 0 Å². The third-order valence-corrected chi connectivity index (χ3v) is 9.37. The SMILES string of the molecule is c1ccc(N(c2ccccc2)c2ccc(-c3ccccc3-n3c4ccccc4c4ccccc43)c(-c3ccc4ccccc4c3)c2)cc1. The Bertz CT molecular complexity index is 2470. The van der Waals surface area contributed by atoms with Crippen molar-refractivity contribution in [3.05, 3.63) is 194 Å². The molecule has 9 rings (SSSR count). The molecule has 0 atom stereocenters. The van der Waals surface area contributed by atoms with Crippen LogP contribution in [0.15, 0.2) is 194 Å². The zero-order valence-electron chi connectivity index (χ0n) is 26.4. The number of fused-ring (bicyclic) bond motifs is 4. The molecule has 8 aromatic carbocycles. The largest absolute Gasteiger partial charge is 0.310 e. The number of hydrogen-bond donors (Lipinski definition) is 0. The van der Waals surface area contributed by atoms with Crippen molar-refractivity contribution < 1.29 is 0 Å². The molecule has 0 saturated carbocycles. The molecule has 0 spiro atoms. The summed E-state index contributed by atoms with van der Waals surface area (Å²) < 4.78 is 2.43. The molecular formula is C46H32N2. The van der Waals surface area contributed by atoms with Crippen LogP contribution in [0.3, 0.4) is 0 Å². The first-order valence-corrected chi connectivity index (χ1v) is 16.4. The average molecular weight is 613 g/mol. The fourth-order valence-electron chi connectivity index (χ4n) is 7.18. The maximum Gasteiger partial charge on any atom is 0.0541 e.